The Morgan fingerprint density at radius 2 is 2.00 bits per heavy atom. The van der Waals surface area contributed by atoms with E-state index in [1.165, 1.54) is 0 Å². The zero-order valence-corrected chi connectivity index (χ0v) is 4.83. The second kappa shape index (κ2) is 2.86. The van der Waals surface area contributed by atoms with Crippen LogP contribution in [0.1, 0.15) is 5.82 Å². The monoisotopic (exact) mass is 100 g/mol. The maximum absolute atomic E-state index is 3.99. The molecule has 2 nitrogen and oxygen atoms in total. The third-order valence-corrected chi connectivity index (χ3v) is 0.935. The molecule has 0 atom stereocenters. The van der Waals surface area contributed by atoms with Gasteiger partial charge in [0.25, 0.3) is 0 Å². The van der Waals surface area contributed by atoms with Crippen LogP contribution in [-0.4, -0.2) is 27.7 Å². The first-order chi connectivity index (χ1) is 3.93. The van der Waals surface area contributed by atoms with E-state index in [1.807, 2.05) is 23.8 Å². The molecular weight excluding hydrogens is 95.0 g/mol. The van der Waals surface area contributed by atoms with Gasteiger partial charge in [0.05, 0.1) is 0 Å². The van der Waals surface area contributed by atoms with E-state index in [-0.39, 0.29) is 0 Å². The summed E-state index contributed by atoms with van der Waals surface area (Å²) in [5.41, 5.74) is 0. The average molecular weight is 100 g/mol. The Morgan fingerprint density at radius 3 is 2.38 bits per heavy atom. The Morgan fingerprint density at radius 1 is 1.38 bits per heavy atom. The summed E-state index contributed by atoms with van der Waals surface area (Å²) in [6, 6.07) is 1.82. The van der Waals surface area contributed by atoms with Crippen molar-refractivity contribution in [1.29, 1.82) is 0 Å². The van der Waals surface area contributed by atoms with E-state index in [9.17, 15) is 0 Å². The summed E-state index contributed by atoms with van der Waals surface area (Å²) in [5.74, 6) is 0.910. The first-order valence-electron chi connectivity index (χ1n) is 2.69. The minimum absolute atomic E-state index is 0.910. The van der Waals surface area contributed by atoms with E-state index >= 15 is 0 Å². The molecule has 0 fully saturated rings. The van der Waals surface area contributed by atoms with E-state index < -0.39 is 0 Å². The molecule has 0 aromatic carbocycles. The van der Waals surface area contributed by atoms with Crippen molar-refractivity contribution in [2.45, 2.75) is 5.09 Å². The molecule has 0 amide bonds. The van der Waals surface area contributed by atoms with Crippen molar-refractivity contribution in [2.75, 3.05) is 0 Å². The summed E-state index contributed by atoms with van der Waals surface area (Å²) in [6.45, 7) is 0. The van der Waals surface area contributed by atoms with Crippen LogP contribution in [0.25, 0.3) is 0 Å². The molecule has 0 aliphatic rings. The predicted octanol–water partition coefficient (Wildman–Crippen LogP) is 0.145. The second-order valence-corrected chi connectivity index (χ2v) is 1.52. The summed E-state index contributed by atoms with van der Waals surface area (Å²) < 4.78 is 0. The molecule has 0 saturated carbocycles. The van der Waals surface area contributed by atoms with E-state index in [4.69, 9.17) is 0 Å². The Labute approximate surface area is 57.6 Å². The van der Waals surface area contributed by atoms with E-state index in [0.29, 0.717) is 0 Å². The summed E-state index contributed by atoms with van der Waals surface area (Å²) >= 11 is 2.04. The number of rotatable bonds is 1. The molecule has 8 heavy (non-hydrogen) atoms. The van der Waals surface area contributed by atoms with Crippen LogP contribution in [0.5, 0.6) is 0 Å². The Kier molecular flexibility index (Phi) is 2.08. The molecule has 0 unspecified atom stereocenters. The Balaban J connectivity index is 2.83. The van der Waals surface area contributed by atoms with Crippen LogP contribution in [0.2, 0.25) is 0 Å². The molecule has 36 valence electrons. The fourth-order valence-corrected chi connectivity index (χ4v) is 0.513. The summed E-state index contributed by atoms with van der Waals surface area (Å²) in [7, 11) is 0. The SMILES string of the molecule is [Li][CH2]c1ncccn1. The van der Waals surface area contributed by atoms with Gasteiger partial charge >= 0.3 is 57.1 Å². The van der Waals surface area contributed by atoms with Crippen LogP contribution in [0.15, 0.2) is 18.5 Å². The minimum atomic E-state index is 0.910. The van der Waals surface area contributed by atoms with Crippen LogP contribution in [-0.2, 0) is 5.09 Å². The molecule has 0 radical (unpaired) electrons. The van der Waals surface area contributed by atoms with Crippen LogP contribution in [0, 0.1) is 0 Å². The van der Waals surface area contributed by atoms with Gasteiger partial charge in [-0.15, -0.1) is 0 Å². The zero-order chi connectivity index (χ0) is 5.82. The fraction of sp³-hybridized carbons (Fsp3) is 0.200. The third kappa shape index (κ3) is 1.33. The first-order valence-corrected chi connectivity index (χ1v) is 2.69. The van der Waals surface area contributed by atoms with Crippen molar-refractivity contribution < 1.29 is 0 Å². The zero-order valence-electron chi connectivity index (χ0n) is 4.83. The predicted molar refractivity (Wildman–Crippen MR) is 31.5 cm³/mol. The molecular formula is C5H5LiN2. The summed E-state index contributed by atoms with van der Waals surface area (Å²) in [5, 5.41) is 0.918. The van der Waals surface area contributed by atoms with Crippen LogP contribution >= 0.6 is 0 Å². The summed E-state index contributed by atoms with van der Waals surface area (Å²) in [6.07, 6.45) is 3.51. The van der Waals surface area contributed by atoms with E-state index in [0.717, 1.165) is 10.9 Å². The topological polar surface area (TPSA) is 25.8 Å². The molecule has 1 aromatic rings. The van der Waals surface area contributed by atoms with Crippen molar-refractivity contribution in [3.05, 3.63) is 24.3 Å². The van der Waals surface area contributed by atoms with Crippen molar-refractivity contribution in [2.24, 2.45) is 0 Å². The molecule has 0 aliphatic carbocycles. The Hall–Kier alpha value is -0.323. The molecule has 1 aromatic heterocycles. The van der Waals surface area contributed by atoms with E-state index in [1.54, 1.807) is 12.4 Å². The average Bonchev–Trinajstić information content (AvgIpc) is 1.90. The van der Waals surface area contributed by atoms with Crippen molar-refractivity contribution in [3.63, 3.8) is 0 Å². The number of aromatic nitrogens is 2. The van der Waals surface area contributed by atoms with Gasteiger partial charge in [0.1, 0.15) is 0 Å². The quantitative estimate of drug-likeness (QED) is 0.469. The normalized spacial score (nSPS) is 9.25. The standard InChI is InChI=1S/C5H5N2.Li/c1-5-6-3-2-4-7-5;/h2-4H,1H2;. The van der Waals surface area contributed by atoms with Gasteiger partial charge in [-0.05, 0) is 0 Å². The van der Waals surface area contributed by atoms with Crippen molar-refractivity contribution in [3.8, 4) is 0 Å². The van der Waals surface area contributed by atoms with Crippen LogP contribution in [0.3, 0.4) is 0 Å². The second-order valence-electron chi connectivity index (χ2n) is 1.52. The summed E-state index contributed by atoms with van der Waals surface area (Å²) in [4.78, 5) is 7.97. The van der Waals surface area contributed by atoms with Gasteiger partial charge in [-0.2, -0.15) is 0 Å². The van der Waals surface area contributed by atoms with Crippen LogP contribution < -0.4 is 0 Å². The third-order valence-electron chi connectivity index (χ3n) is 0.935. The number of hydrogen-bond acceptors (Lipinski definition) is 2. The van der Waals surface area contributed by atoms with Gasteiger partial charge in [-0.1, -0.05) is 0 Å². The van der Waals surface area contributed by atoms with Crippen LogP contribution in [0.4, 0.5) is 0 Å². The molecule has 0 bridgehead atoms. The van der Waals surface area contributed by atoms with Gasteiger partial charge in [0.15, 0.2) is 0 Å². The molecule has 0 aliphatic heterocycles. The Bertz CT molecular complexity index is 152. The van der Waals surface area contributed by atoms with Crippen molar-refractivity contribution >= 4 is 17.7 Å². The molecule has 0 N–H and O–H groups in total. The van der Waals surface area contributed by atoms with E-state index in [2.05, 4.69) is 9.97 Å². The van der Waals surface area contributed by atoms with Gasteiger partial charge in [0.2, 0.25) is 0 Å². The molecule has 1 rings (SSSR count). The molecule has 3 heteroatoms. The van der Waals surface area contributed by atoms with Crippen molar-refractivity contribution in [1.82, 2.24) is 9.97 Å². The number of hydrogen-bond donors (Lipinski definition) is 0. The fourth-order valence-electron chi connectivity index (χ4n) is 0.513. The molecule has 0 spiro atoms. The molecule has 0 saturated heterocycles. The van der Waals surface area contributed by atoms with Gasteiger partial charge in [0, 0.05) is 0 Å². The maximum atomic E-state index is 3.99. The first kappa shape index (κ1) is 5.81. The molecule has 1 heterocycles. The van der Waals surface area contributed by atoms with Gasteiger partial charge in [-0.25, -0.2) is 0 Å². The van der Waals surface area contributed by atoms with Gasteiger partial charge in [-0.3, -0.25) is 0 Å². The number of nitrogens with zero attached hydrogens (tertiary/aromatic N) is 2. The van der Waals surface area contributed by atoms with Gasteiger partial charge < -0.3 is 0 Å².